The molecule has 0 radical (unpaired) electrons. The number of hydrogen-bond acceptors (Lipinski definition) is 4. The number of methoxy groups -OCH3 is 1. The summed E-state index contributed by atoms with van der Waals surface area (Å²) in [5, 5.41) is 12.8. The molecule has 5 nitrogen and oxygen atoms in total. The lowest BCUT2D eigenvalue weighted by atomic mass is 9.97. The Hall–Kier alpha value is -0.650. The highest BCUT2D eigenvalue weighted by Crippen LogP contribution is 2.33. The Morgan fingerprint density at radius 2 is 2.32 bits per heavy atom. The largest absolute Gasteiger partial charge is 0.480 e. The van der Waals surface area contributed by atoms with Crippen molar-refractivity contribution in [2.45, 2.75) is 57.2 Å². The lowest BCUT2D eigenvalue weighted by molar-refractivity contribution is -0.144. The van der Waals surface area contributed by atoms with Crippen LogP contribution in [0.1, 0.15) is 39.5 Å². The second-order valence-electron chi connectivity index (χ2n) is 5.68. The van der Waals surface area contributed by atoms with E-state index in [9.17, 15) is 9.90 Å². The van der Waals surface area contributed by atoms with Crippen LogP contribution in [0.15, 0.2) is 0 Å². The summed E-state index contributed by atoms with van der Waals surface area (Å²) in [4.78, 5) is 13.8. The van der Waals surface area contributed by atoms with Crippen molar-refractivity contribution in [1.82, 2.24) is 10.2 Å². The maximum Gasteiger partial charge on any atom is 0.323 e. The molecule has 1 rings (SSSR count). The second kappa shape index (κ2) is 7.22. The van der Waals surface area contributed by atoms with Crippen LogP contribution in [0, 0.1) is 0 Å². The predicted octanol–water partition coefficient (Wildman–Crippen LogP) is 1.33. The van der Waals surface area contributed by atoms with Gasteiger partial charge in [-0.1, -0.05) is 6.92 Å². The summed E-state index contributed by atoms with van der Waals surface area (Å²) in [7, 11) is 3.76. The number of carbonyl (C=O) groups is 1. The van der Waals surface area contributed by atoms with Gasteiger partial charge in [-0.3, -0.25) is 9.69 Å². The molecule has 2 N–H and O–H groups in total. The Bertz CT molecular complexity index is 298. The molecule has 1 aliphatic rings. The first-order valence-electron chi connectivity index (χ1n) is 7.16. The van der Waals surface area contributed by atoms with E-state index in [0.717, 1.165) is 19.4 Å². The van der Waals surface area contributed by atoms with Gasteiger partial charge < -0.3 is 15.2 Å². The topological polar surface area (TPSA) is 61.8 Å². The van der Waals surface area contributed by atoms with Crippen molar-refractivity contribution in [3.8, 4) is 0 Å². The van der Waals surface area contributed by atoms with Gasteiger partial charge in [0.2, 0.25) is 0 Å². The molecular formula is C14H28N2O3. The van der Waals surface area contributed by atoms with E-state index >= 15 is 0 Å². The van der Waals surface area contributed by atoms with Crippen LogP contribution in [0.25, 0.3) is 0 Å². The van der Waals surface area contributed by atoms with E-state index in [1.54, 1.807) is 7.11 Å². The lowest BCUT2D eigenvalue weighted by Crippen LogP contribution is -2.52. The van der Waals surface area contributed by atoms with Crippen molar-refractivity contribution in [3.63, 3.8) is 0 Å². The highest BCUT2D eigenvalue weighted by atomic mass is 16.5. The zero-order chi connectivity index (χ0) is 14.5. The number of carboxylic acid groups (broad SMARTS) is 1. The molecule has 0 amide bonds. The van der Waals surface area contributed by atoms with Crippen LogP contribution >= 0.6 is 0 Å². The van der Waals surface area contributed by atoms with Crippen molar-refractivity contribution < 1.29 is 14.6 Å². The zero-order valence-electron chi connectivity index (χ0n) is 12.6. The van der Waals surface area contributed by atoms with Gasteiger partial charge in [0, 0.05) is 19.2 Å². The van der Waals surface area contributed by atoms with E-state index in [1.807, 2.05) is 0 Å². The monoisotopic (exact) mass is 272 g/mol. The first kappa shape index (κ1) is 16.4. The Morgan fingerprint density at radius 3 is 2.84 bits per heavy atom. The first-order valence-corrected chi connectivity index (χ1v) is 7.16. The predicted molar refractivity (Wildman–Crippen MR) is 75.4 cm³/mol. The number of likely N-dealkylation sites (N-methyl/N-ethyl adjacent to an activating group) is 1. The zero-order valence-corrected chi connectivity index (χ0v) is 12.6. The maximum absolute atomic E-state index is 11.6. The molecule has 0 aromatic carbocycles. The highest BCUT2D eigenvalue weighted by Gasteiger charge is 2.46. The van der Waals surface area contributed by atoms with Crippen LogP contribution in [0.3, 0.4) is 0 Å². The second-order valence-corrected chi connectivity index (χ2v) is 5.68. The Labute approximate surface area is 116 Å². The molecule has 0 aromatic rings. The molecule has 19 heavy (non-hydrogen) atoms. The summed E-state index contributed by atoms with van der Waals surface area (Å²) >= 11 is 0. The van der Waals surface area contributed by atoms with E-state index in [1.165, 1.54) is 0 Å². The Kier molecular flexibility index (Phi) is 6.23. The van der Waals surface area contributed by atoms with Gasteiger partial charge in [-0.2, -0.15) is 0 Å². The summed E-state index contributed by atoms with van der Waals surface area (Å²) in [5.74, 6) is -0.712. The number of aliphatic carboxylic acids is 1. The van der Waals surface area contributed by atoms with Crippen molar-refractivity contribution in [2.75, 3.05) is 27.3 Å². The van der Waals surface area contributed by atoms with Crippen LogP contribution in [-0.4, -0.2) is 60.9 Å². The van der Waals surface area contributed by atoms with E-state index < -0.39 is 11.5 Å². The molecule has 0 spiro atoms. The average molecular weight is 272 g/mol. The fraction of sp³-hybridized carbons (Fsp3) is 0.929. The molecule has 1 saturated carbocycles. The summed E-state index contributed by atoms with van der Waals surface area (Å²) in [6.07, 6.45) is 3.26. The summed E-state index contributed by atoms with van der Waals surface area (Å²) < 4.78 is 5.18. The molecule has 3 unspecified atom stereocenters. The van der Waals surface area contributed by atoms with Gasteiger partial charge in [-0.05, 0) is 46.2 Å². The van der Waals surface area contributed by atoms with Crippen molar-refractivity contribution in [2.24, 2.45) is 0 Å². The molecule has 5 heteroatoms. The smallest absolute Gasteiger partial charge is 0.323 e. The van der Waals surface area contributed by atoms with E-state index in [2.05, 4.69) is 31.1 Å². The molecule has 1 fully saturated rings. The molecule has 0 aliphatic heterocycles. The SMILES string of the molecule is CCCNC1(C(=O)O)CCC(N(C)C(C)COC)C1. The maximum atomic E-state index is 11.6. The van der Waals surface area contributed by atoms with Gasteiger partial charge in [-0.15, -0.1) is 0 Å². The van der Waals surface area contributed by atoms with E-state index in [4.69, 9.17) is 4.74 Å². The molecule has 0 heterocycles. The fourth-order valence-electron chi connectivity index (χ4n) is 2.88. The molecule has 3 atom stereocenters. The Balaban J connectivity index is 2.65. The number of ether oxygens (including phenoxy) is 1. The number of hydrogen-bond donors (Lipinski definition) is 2. The third-order valence-electron chi connectivity index (χ3n) is 4.29. The minimum Gasteiger partial charge on any atom is -0.480 e. The first-order chi connectivity index (χ1) is 8.96. The standard InChI is InChI=1S/C14H28N2O3/c1-5-8-15-14(13(17)18)7-6-12(9-14)16(3)11(2)10-19-4/h11-12,15H,5-10H2,1-4H3,(H,17,18). The van der Waals surface area contributed by atoms with Crippen LogP contribution in [0.2, 0.25) is 0 Å². The third-order valence-corrected chi connectivity index (χ3v) is 4.29. The van der Waals surface area contributed by atoms with Crippen LogP contribution in [0.5, 0.6) is 0 Å². The minimum atomic E-state index is -0.734. The van der Waals surface area contributed by atoms with Crippen LogP contribution in [0.4, 0.5) is 0 Å². The van der Waals surface area contributed by atoms with Crippen molar-refractivity contribution >= 4 is 5.97 Å². The number of nitrogens with zero attached hydrogens (tertiary/aromatic N) is 1. The molecule has 112 valence electrons. The summed E-state index contributed by atoms with van der Waals surface area (Å²) in [6, 6.07) is 0.622. The van der Waals surface area contributed by atoms with Gasteiger partial charge in [0.25, 0.3) is 0 Å². The van der Waals surface area contributed by atoms with E-state index in [-0.39, 0.29) is 0 Å². The molecule has 0 bridgehead atoms. The average Bonchev–Trinajstić information content (AvgIpc) is 2.81. The molecule has 0 aromatic heterocycles. The van der Waals surface area contributed by atoms with Gasteiger partial charge in [-0.25, -0.2) is 0 Å². The summed E-state index contributed by atoms with van der Waals surface area (Å²) in [5.41, 5.74) is -0.734. The minimum absolute atomic E-state index is 0.311. The number of rotatable bonds is 8. The van der Waals surface area contributed by atoms with Crippen LogP contribution < -0.4 is 5.32 Å². The number of carboxylic acids is 1. The molecular weight excluding hydrogens is 244 g/mol. The molecule has 1 aliphatic carbocycles. The van der Waals surface area contributed by atoms with E-state index in [0.29, 0.717) is 31.5 Å². The van der Waals surface area contributed by atoms with Crippen LogP contribution in [-0.2, 0) is 9.53 Å². The van der Waals surface area contributed by atoms with Crippen molar-refractivity contribution in [3.05, 3.63) is 0 Å². The summed E-state index contributed by atoms with van der Waals surface area (Å²) in [6.45, 7) is 5.61. The third kappa shape index (κ3) is 3.91. The number of nitrogens with one attached hydrogen (secondary N) is 1. The highest BCUT2D eigenvalue weighted by molar-refractivity contribution is 5.79. The van der Waals surface area contributed by atoms with Crippen molar-refractivity contribution in [1.29, 1.82) is 0 Å². The fourth-order valence-corrected chi connectivity index (χ4v) is 2.88. The van der Waals surface area contributed by atoms with Gasteiger partial charge >= 0.3 is 5.97 Å². The Morgan fingerprint density at radius 1 is 1.63 bits per heavy atom. The quantitative estimate of drug-likeness (QED) is 0.698. The normalized spacial score (nSPS) is 28.8. The van der Waals surface area contributed by atoms with Gasteiger partial charge in [0.1, 0.15) is 5.54 Å². The van der Waals surface area contributed by atoms with Gasteiger partial charge in [0.05, 0.1) is 6.61 Å². The lowest BCUT2D eigenvalue weighted by Gasteiger charge is -2.32. The molecule has 0 saturated heterocycles. The van der Waals surface area contributed by atoms with Gasteiger partial charge in [0.15, 0.2) is 0 Å².